The Morgan fingerprint density at radius 3 is 2.58 bits per heavy atom. The van der Waals surface area contributed by atoms with Crippen LogP contribution in [0.25, 0.3) is 10.9 Å². The van der Waals surface area contributed by atoms with Crippen LogP contribution in [0.4, 0.5) is 0 Å². The van der Waals surface area contributed by atoms with Crippen LogP contribution < -0.4 is 5.43 Å². The first-order chi connectivity index (χ1) is 16.0. The van der Waals surface area contributed by atoms with Gasteiger partial charge in [-0.3, -0.25) is 4.79 Å². The molecule has 1 amide bonds. The van der Waals surface area contributed by atoms with Gasteiger partial charge in [-0.25, -0.2) is 5.43 Å². The molecule has 4 aromatic rings. The predicted molar refractivity (Wildman–Crippen MR) is 132 cm³/mol. The van der Waals surface area contributed by atoms with E-state index in [4.69, 9.17) is 0 Å². The molecule has 0 aliphatic rings. The summed E-state index contributed by atoms with van der Waals surface area (Å²) in [5.41, 5.74) is 10.6. The number of benzene rings is 3. The summed E-state index contributed by atoms with van der Waals surface area (Å²) in [7, 11) is 0. The highest BCUT2D eigenvalue weighted by molar-refractivity contribution is 6.01. The molecule has 0 radical (unpaired) electrons. The molecule has 0 spiro atoms. The summed E-state index contributed by atoms with van der Waals surface area (Å²) in [4.78, 5) is 12.4. The second-order valence-electron chi connectivity index (χ2n) is 8.27. The van der Waals surface area contributed by atoms with Crippen molar-refractivity contribution < 1.29 is 4.79 Å². The van der Waals surface area contributed by atoms with Crippen LogP contribution in [0.1, 0.15) is 39.1 Å². The van der Waals surface area contributed by atoms with Gasteiger partial charge >= 0.3 is 0 Å². The Hall–Kier alpha value is -4.17. The molecular formula is C28H26N4O. The van der Waals surface area contributed by atoms with Gasteiger partial charge in [0.15, 0.2) is 0 Å². The molecular weight excluding hydrogens is 408 g/mol. The van der Waals surface area contributed by atoms with Crippen LogP contribution in [-0.4, -0.2) is 16.7 Å². The molecule has 0 saturated heterocycles. The lowest BCUT2D eigenvalue weighted by atomic mass is 10.0. The molecule has 0 aliphatic carbocycles. The average Bonchev–Trinajstić information content (AvgIpc) is 3.07. The smallest absolute Gasteiger partial charge is 0.244 e. The SMILES string of the molecule is Cc1ccc(CC(=O)N/N=C\c2c(C)n(Cc3ccccc3C#N)c3ccccc23)c(C)c1. The van der Waals surface area contributed by atoms with E-state index < -0.39 is 0 Å². The molecule has 33 heavy (non-hydrogen) atoms. The van der Waals surface area contributed by atoms with Crippen molar-refractivity contribution in [3.8, 4) is 6.07 Å². The lowest BCUT2D eigenvalue weighted by Crippen LogP contribution is -2.20. The number of aromatic nitrogens is 1. The maximum atomic E-state index is 12.4. The van der Waals surface area contributed by atoms with Crippen LogP contribution in [0.5, 0.6) is 0 Å². The number of fused-ring (bicyclic) bond motifs is 1. The molecule has 1 aromatic heterocycles. The van der Waals surface area contributed by atoms with E-state index in [-0.39, 0.29) is 12.3 Å². The van der Waals surface area contributed by atoms with E-state index in [1.807, 2.05) is 75.4 Å². The van der Waals surface area contributed by atoms with Gasteiger partial charge in [0, 0.05) is 28.7 Å². The number of rotatable bonds is 6. The Morgan fingerprint density at radius 2 is 1.79 bits per heavy atom. The first-order valence-corrected chi connectivity index (χ1v) is 10.9. The minimum absolute atomic E-state index is 0.150. The number of hydrazone groups is 1. The summed E-state index contributed by atoms with van der Waals surface area (Å²) in [6.45, 7) is 6.68. The van der Waals surface area contributed by atoms with Crippen LogP contribution in [-0.2, 0) is 17.8 Å². The highest BCUT2D eigenvalue weighted by atomic mass is 16.2. The summed E-state index contributed by atoms with van der Waals surface area (Å²) in [5, 5.41) is 14.8. The number of para-hydroxylation sites is 1. The van der Waals surface area contributed by atoms with Crippen molar-refractivity contribution >= 4 is 23.0 Å². The molecule has 3 aromatic carbocycles. The van der Waals surface area contributed by atoms with Crippen molar-refractivity contribution in [3.05, 3.63) is 106 Å². The number of nitrogens with one attached hydrogen (secondary N) is 1. The minimum atomic E-state index is -0.150. The zero-order chi connectivity index (χ0) is 23.4. The van der Waals surface area contributed by atoms with Crippen LogP contribution in [0, 0.1) is 32.1 Å². The van der Waals surface area contributed by atoms with Gasteiger partial charge in [0.1, 0.15) is 0 Å². The normalized spacial score (nSPS) is 11.1. The number of aryl methyl sites for hydroxylation is 2. The van der Waals surface area contributed by atoms with E-state index in [1.165, 1.54) is 5.56 Å². The summed E-state index contributed by atoms with van der Waals surface area (Å²) < 4.78 is 2.18. The Balaban J connectivity index is 1.58. The van der Waals surface area contributed by atoms with E-state index >= 15 is 0 Å². The fourth-order valence-electron chi connectivity index (χ4n) is 4.19. The molecule has 0 atom stereocenters. The van der Waals surface area contributed by atoms with Gasteiger partial charge in [0.2, 0.25) is 5.91 Å². The molecule has 0 aliphatic heterocycles. The first-order valence-electron chi connectivity index (χ1n) is 10.9. The van der Waals surface area contributed by atoms with E-state index in [1.54, 1.807) is 6.21 Å². The van der Waals surface area contributed by atoms with Crippen LogP contribution >= 0.6 is 0 Å². The monoisotopic (exact) mass is 434 g/mol. The molecule has 0 saturated carbocycles. The van der Waals surface area contributed by atoms with E-state index in [9.17, 15) is 10.1 Å². The van der Waals surface area contributed by atoms with Crippen LogP contribution in [0.3, 0.4) is 0 Å². The van der Waals surface area contributed by atoms with Crippen LogP contribution in [0.2, 0.25) is 0 Å². The lowest BCUT2D eigenvalue weighted by molar-refractivity contribution is -0.120. The third-order valence-electron chi connectivity index (χ3n) is 5.98. The number of hydrogen-bond donors (Lipinski definition) is 1. The third-order valence-corrected chi connectivity index (χ3v) is 5.98. The Kier molecular flexibility index (Phi) is 6.37. The largest absolute Gasteiger partial charge is 0.340 e. The number of nitrogens with zero attached hydrogens (tertiary/aromatic N) is 3. The molecule has 0 fully saturated rings. The Bertz CT molecular complexity index is 1410. The van der Waals surface area contributed by atoms with Gasteiger partial charge in [-0.15, -0.1) is 0 Å². The van der Waals surface area contributed by atoms with E-state index in [0.29, 0.717) is 12.1 Å². The topological polar surface area (TPSA) is 70.2 Å². The van der Waals surface area contributed by atoms with Gasteiger partial charge < -0.3 is 4.57 Å². The molecule has 5 heteroatoms. The van der Waals surface area contributed by atoms with Crippen molar-refractivity contribution in [2.75, 3.05) is 0 Å². The Morgan fingerprint density at radius 1 is 1.03 bits per heavy atom. The molecule has 0 unspecified atom stereocenters. The second-order valence-corrected chi connectivity index (χ2v) is 8.27. The van der Waals surface area contributed by atoms with E-state index in [2.05, 4.69) is 33.3 Å². The van der Waals surface area contributed by atoms with Crippen molar-refractivity contribution in [1.82, 2.24) is 9.99 Å². The summed E-state index contributed by atoms with van der Waals surface area (Å²) in [6, 6.07) is 24.1. The fraction of sp³-hybridized carbons (Fsp3) is 0.179. The maximum Gasteiger partial charge on any atom is 0.244 e. The zero-order valence-electron chi connectivity index (χ0n) is 19.1. The fourth-order valence-corrected chi connectivity index (χ4v) is 4.19. The van der Waals surface area contributed by atoms with Gasteiger partial charge in [0.05, 0.1) is 24.3 Å². The summed E-state index contributed by atoms with van der Waals surface area (Å²) in [5.74, 6) is -0.150. The zero-order valence-corrected chi connectivity index (χ0v) is 19.1. The average molecular weight is 435 g/mol. The van der Waals surface area contributed by atoms with Gasteiger partial charge in [-0.05, 0) is 49.6 Å². The first kappa shape index (κ1) is 22.0. The third kappa shape index (κ3) is 4.70. The minimum Gasteiger partial charge on any atom is -0.340 e. The van der Waals surface area contributed by atoms with Gasteiger partial charge in [-0.2, -0.15) is 10.4 Å². The van der Waals surface area contributed by atoms with Gasteiger partial charge in [-0.1, -0.05) is 60.2 Å². The number of carbonyl (C=O) groups excluding carboxylic acids is 1. The van der Waals surface area contributed by atoms with Crippen molar-refractivity contribution in [2.24, 2.45) is 5.10 Å². The standard InChI is InChI=1S/C28H26N4O/c1-19-12-13-22(20(2)14-19)15-28(33)31-30-17-26-21(3)32(27-11-7-6-10-25(26)27)18-24-9-5-4-8-23(24)16-29/h4-14,17H,15,18H2,1-3H3,(H,31,33)/b30-17-. The molecule has 5 nitrogen and oxygen atoms in total. The molecule has 164 valence electrons. The number of amides is 1. The molecule has 1 N–H and O–H groups in total. The highest BCUT2D eigenvalue weighted by Crippen LogP contribution is 2.26. The summed E-state index contributed by atoms with van der Waals surface area (Å²) in [6.07, 6.45) is 2.00. The van der Waals surface area contributed by atoms with Crippen molar-refractivity contribution in [1.29, 1.82) is 5.26 Å². The number of carbonyl (C=O) groups is 1. The van der Waals surface area contributed by atoms with Crippen molar-refractivity contribution in [3.63, 3.8) is 0 Å². The highest BCUT2D eigenvalue weighted by Gasteiger charge is 2.14. The lowest BCUT2D eigenvalue weighted by Gasteiger charge is -2.10. The molecule has 1 heterocycles. The van der Waals surface area contributed by atoms with E-state index in [0.717, 1.165) is 38.9 Å². The van der Waals surface area contributed by atoms with Crippen molar-refractivity contribution in [2.45, 2.75) is 33.7 Å². The number of hydrogen-bond acceptors (Lipinski definition) is 3. The quantitative estimate of drug-likeness (QED) is 0.336. The Labute approximate surface area is 194 Å². The summed E-state index contributed by atoms with van der Waals surface area (Å²) >= 11 is 0. The molecule has 4 rings (SSSR count). The molecule has 0 bridgehead atoms. The number of nitriles is 1. The van der Waals surface area contributed by atoms with Crippen LogP contribution in [0.15, 0.2) is 71.8 Å². The van der Waals surface area contributed by atoms with Gasteiger partial charge in [0.25, 0.3) is 0 Å². The predicted octanol–water partition coefficient (Wildman–Crippen LogP) is 5.18. The maximum absolute atomic E-state index is 12.4. The second kappa shape index (κ2) is 9.54.